The first-order chi connectivity index (χ1) is 11.6. The number of nitrogens with zero attached hydrogens (tertiary/aromatic N) is 1. The topological polar surface area (TPSA) is 32.3 Å². The van der Waals surface area contributed by atoms with Crippen LogP contribution in [-0.4, -0.2) is 30.4 Å². The van der Waals surface area contributed by atoms with Gasteiger partial charge in [-0.2, -0.15) is 0 Å². The highest BCUT2D eigenvalue weighted by molar-refractivity contribution is 5.78. The van der Waals surface area contributed by atoms with Crippen molar-refractivity contribution in [1.82, 2.24) is 10.2 Å². The van der Waals surface area contributed by atoms with E-state index in [1.807, 2.05) is 6.92 Å². The molecule has 2 aromatic carbocycles. The molecule has 0 aromatic heterocycles. The van der Waals surface area contributed by atoms with Crippen LogP contribution in [0.4, 0.5) is 4.39 Å². The molecule has 0 saturated carbocycles. The Morgan fingerprint density at radius 2 is 1.83 bits per heavy atom. The van der Waals surface area contributed by atoms with Crippen LogP contribution in [0.25, 0.3) is 0 Å². The second-order valence-corrected chi connectivity index (χ2v) is 5.98. The minimum Gasteiger partial charge on any atom is -0.355 e. The predicted molar refractivity (Wildman–Crippen MR) is 95.2 cm³/mol. The molecule has 0 spiro atoms. The third-order valence-electron chi connectivity index (χ3n) is 4.02. The van der Waals surface area contributed by atoms with E-state index in [9.17, 15) is 9.18 Å². The summed E-state index contributed by atoms with van der Waals surface area (Å²) < 4.78 is 13.5. The molecule has 2 rings (SSSR count). The normalized spacial score (nSPS) is 10.8. The number of halogens is 1. The summed E-state index contributed by atoms with van der Waals surface area (Å²) in [6.45, 7) is 6.45. The Bertz CT molecular complexity index is 655. The molecule has 0 heterocycles. The van der Waals surface area contributed by atoms with Crippen molar-refractivity contribution in [1.29, 1.82) is 0 Å². The van der Waals surface area contributed by atoms with Gasteiger partial charge >= 0.3 is 0 Å². The van der Waals surface area contributed by atoms with E-state index in [-0.39, 0.29) is 11.7 Å². The van der Waals surface area contributed by atoms with Gasteiger partial charge < -0.3 is 5.32 Å². The van der Waals surface area contributed by atoms with Gasteiger partial charge in [0.25, 0.3) is 0 Å². The van der Waals surface area contributed by atoms with Gasteiger partial charge in [-0.25, -0.2) is 4.39 Å². The summed E-state index contributed by atoms with van der Waals surface area (Å²) in [6.07, 6.45) is 0.502. The molecule has 24 heavy (non-hydrogen) atoms. The van der Waals surface area contributed by atoms with E-state index in [1.54, 1.807) is 18.2 Å². The third kappa shape index (κ3) is 5.78. The number of benzene rings is 2. The van der Waals surface area contributed by atoms with Crippen LogP contribution in [0, 0.1) is 12.7 Å². The van der Waals surface area contributed by atoms with Gasteiger partial charge in [0.05, 0.1) is 6.54 Å². The summed E-state index contributed by atoms with van der Waals surface area (Å²) in [7, 11) is 0. The Balaban J connectivity index is 1.77. The number of amides is 1. The quantitative estimate of drug-likeness (QED) is 0.806. The predicted octanol–water partition coefficient (Wildman–Crippen LogP) is 3.31. The number of carbonyl (C=O) groups excluding carboxylic acids is 1. The molecular formula is C20H25FN2O. The summed E-state index contributed by atoms with van der Waals surface area (Å²) in [5, 5.41) is 2.87. The van der Waals surface area contributed by atoms with E-state index in [4.69, 9.17) is 0 Å². The van der Waals surface area contributed by atoms with Gasteiger partial charge in [-0.1, -0.05) is 55.0 Å². The molecule has 0 radical (unpaired) electrons. The highest BCUT2D eigenvalue weighted by Crippen LogP contribution is 2.07. The average Bonchev–Trinajstić information content (AvgIpc) is 2.58. The molecule has 2 aromatic rings. The minimum atomic E-state index is -0.221. The molecule has 128 valence electrons. The van der Waals surface area contributed by atoms with Crippen LogP contribution >= 0.6 is 0 Å². The fourth-order valence-corrected chi connectivity index (χ4v) is 2.53. The summed E-state index contributed by atoms with van der Waals surface area (Å²) in [5.74, 6) is -0.249. The van der Waals surface area contributed by atoms with Crippen LogP contribution in [0.15, 0.2) is 48.5 Å². The van der Waals surface area contributed by atoms with Gasteiger partial charge in [-0.05, 0) is 37.1 Å². The van der Waals surface area contributed by atoms with Crippen LogP contribution in [-0.2, 0) is 17.8 Å². The van der Waals surface area contributed by atoms with Crippen LogP contribution in [0.2, 0.25) is 0 Å². The minimum absolute atomic E-state index is 0.0275. The van der Waals surface area contributed by atoms with Gasteiger partial charge in [-0.15, -0.1) is 0 Å². The van der Waals surface area contributed by atoms with Crippen molar-refractivity contribution < 1.29 is 9.18 Å². The smallest absolute Gasteiger partial charge is 0.234 e. The number of hydrogen-bond donors (Lipinski definition) is 1. The van der Waals surface area contributed by atoms with Crippen molar-refractivity contribution in [3.05, 3.63) is 71.0 Å². The third-order valence-corrected chi connectivity index (χ3v) is 4.02. The molecule has 1 N–H and O–H groups in total. The SMILES string of the molecule is CCN(CC(=O)NCCc1ccccc1F)Cc1ccc(C)cc1. The lowest BCUT2D eigenvalue weighted by atomic mass is 10.1. The van der Waals surface area contributed by atoms with Crippen molar-refractivity contribution in [3.8, 4) is 0 Å². The Kier molecular flexibility index (Phi) is 6.94. The first kappa shape index (κ1) is 18.1. The van der Waals surface area contributed by atoms with Crippen LogP contribution in [0.1, 0.15) is 23.6 Å². The number of likely N-dealkylation sites (N-methyl/N-ethyl adjacent to an activating group) is 1. The fraction of sp³-hybridized carbons (Fsp3) is 0.350. The molecular weight excluding hydrogens is 303 g/mol. The first-order valence-electron chi connectivity index (χ1n) is 8.36. The molecule has 4 heteroatoms. The highest BCUT2D eigenvalue weighted by Gasteiger charge is 2.10. The van der Waals surface area contributed by atoms with E-state index >= 15 is 0 Å². The second kappa shape index (κ2) is 9.18. The Labute approximate surface area is 143 Å². The van der Waals surface area contributed by atoms with Crippen LogP contribution in [0.3, 0.4) is 0 Å². The van der Waals surface area contributed by atoms with Crippen molar-refractivity contribution in [2.75, 3.05) is 19.6 Å². The fourth-order valence-electron chi connectivity index (χ4n) is 2.53. The van der Waals surface area contributed by atoms with E-state index in [0.717, 1.165) is 13.1 Å². The Hall–Kier alpha value is -2.20. The molecule has 0 unspecified atom stereocenters. The Morgan fingerprint density at radius 1 is 1.12 bits per heavy atom. The van der Waals surface area contributed by atoms with Crippen LogP contribution < -0.4 is 5.32 Å². The zero-order valence-corrected chi connectivity index (χ0v) is 14.4. The number of aryl methyl sites for hydroxylation is 1. The number of nitrogens with one attached hydrogen (secondary N) is 1. The first-order valence-corrected chi connectivity index (χ1v) is 8.36. The van der Waals surface area contributed by atoms with Crippen molar-refractivity contribution >= 4 is 5.91 Å². The van der Waals surface area contributed by atoms with Gasteiger partial charge in [0.2, 0.25) is 5.91 Å². The lowest BCUT2D eigenvalue weighted by Gasteiger charge is -2.20. The van der Waals surface area contributed by atoms with E-state index < -0.39 is 0 Å². The molecule has 0 fully saturated rings. The number of carbonyl (C=O) groups is 1. The van der Waals surface area contributed by atoms with Gasteiger partial charge in [0.1, 0.15) is 5.82 Å². The average molecular weight is 328 g/mol. The molecule has 0 aliphatic heterocycles. The Morgan fingerprint density at radius 3 is 2.50 bits per heavy atom. The highest BCUT2D eigenvalue weighted by atomic mass is 19.1. The standard InChI is InChI=1S/C20H25FN2O/c1-3-23(14-17-10-8-16(2)9-11-17)15-20(24)22-13-12-18-6-4-5-7-19(18)21/h4-11H,3,12-15H2,1-2H3,(H,22,24). The number of hydrogen-bond acceptors (Lipinski definition) is 2. The van der Waals surface area contributed by atoms with Crippen LogP contribution in [0.5, 0.6) is 0 Å². The maximum absolute atomic E-state index is 13.5. The molecule has 0 aliphatic carbocycles. The van der Waals surface area contributed by atoms with Crippen molar-refractivity contribution in [3.63, 3.8) is 0 Å². The molecule has 0 saturated heterocycles. The van der Waals surface area contributed by atoms with E-state index in [0.29, 0.717) is 25.1 Å². The number of rotatable bonds is 8. The van der Waals surface area contributed by atoms with Gasteiger partial charge in [0.15, 0.2) is 0 Å². The summed E-state index contributed by atoms with van der Waals surface area (Å²) in [6, 6.07) is 15.0. The largest absolute Gasteiger partial charge is 0.355 e. The van der Waals surface area contributed by atoms with E-state index in [1.165, 1.54) is 17.2 Å². The summed E-state index contributed by atoms with van der Waals surface area (Å²) in [5.41, 5.74) is 3.05. The summed E-state index contributed by atoms with van der Waals surface area (Å²) >= 11 is 0. The van der Waals surface area contributed by atoms with Crippen molar-refractivity contribution in [2.24, 2.45) is 0 Å². The zero-order valence-electron chi connectivity index (χ0n) is 14.4. The van der Waals surface area contributed by atoms with E-state index in [2.05, 4.69) is 41.4 Å². The molecule has 0 atom stereocenters. The lowest BCUT2D eigenvalue weighted by molar-refractivity contribution is -0.122. The second-order valence-electron chi connectivity index (χ2n) is 5.98. The lowest BCUT2D eigenvalue weighted by Crippen LogP contribution is -2.37. The molecule has 0 bridgehead atoms. The van der Waals surface area contributed by atoms with Gasteiger partial charge in [-0.3, -0.25) is 9.69 Å². The monoisotopic (exact) mass is 328 g/mol. The summed E-state index contributed by atoms with van der Waals surface area (Å²) in [4.78, 5) is 14.2. The van der Waals surface area contributed by atoms with Gasteiger partial charge in [0, 0.05) is 13.1 Å². The maximum Gasteiger partial charge on any atom is 0.234 e. The molecule has 1 amide bonds. The zero-order chi connectivity index (χ0) is 17.4. The van der Waals surface area contributed by atoms with Crippen molar-refractivity contribution in [2.45, 2.75) is 26.8 Å². The maximum atomic E-state index is 13.5. The molecule has 0 aliphatic rings. The molecule has 3 nitrogen and oxygen atoms in total.